The number of hydrogen-bond acceptors (Lipinski definition) is 7. The molecule has 11 heteroatoms. The summed E-state index contributed by atoms with van der Waals surface area (Å²) in [7, 11) is 0. The predicted molar refractivity (Wildman–Crippen MR) is 121 cm³/mol. The normalized spacial score (nSPS) is 19.0. The molecule has 2 aromatic heterocycles. The van der Waals surface area contributed by atoms with Crippen molar-refractivity contribution >= 4 is 11.6 Å². The number of nitrogens with zero attached hydrogens (tertiary/aromatic N) is 6. The number of halogens is 2. The maximum atomic E-state index is 14.8. The Bertz CT molecular complexity index is 1360. The van der Waals surface area contributed by atoms with Gasteiger partial charge in [0.15, 0.2) is 11.6 Å². The highest BCUT2D eigenvalue weighted by Gasteiger charge is 2.43. The molecule has 0 saturated carbocycles. The number of aryl methyl sites for hydroxylation is 2. The van der Waals surface area contributed by atoms with Gasteiger partial charge in [-0.05, 0) is 42.8 Å². The van der Waals surface area contributed by atoms with Gasteiger partial charge >= 0.3 is 0 Å². The van der Waals surface area contributed by atoms with Gasteiger partial charge in [0.2, 0.25) is 5.95 Å². The van der Waals surface area contributed by atoms with Crippen LogP contribution >= 0.6 is 0 Å². The van der Waals surface area contributed by atoms with Gasteiger partial charge in [-0.15, -0.1) is 5.10 Å². The van der Waals surface area contributed by atoms with E-state index in [1.807, 2.05) is 4.68 Å². The molecule has 6 rings (SSSR count). The molecule has 2 aromatic carbocycles. The lowest BCUT2D eigenvalue weighted by Crippen LogP contribution is -2.32. The molecule has 1 saturated heterocycles. The first-order valence-electron chi connectivity index (χ1n) is 11.4. The van der Waals surface area contributed by atoms with Gasteiger partial charge in [-0.25, -0.2) is 23.1 Å². The van der Waals surface area contributed by atoms with Crippen molar-refractivity contribution in [1.82, 2.24) is 29.5 Å². The lowest BCUT2D eigenvalue weighted by molar-refractivity contribution is -0.168. The molecule has 0 radical (unpaired) electrons. The van der Waals surface area contributed by atoms with Crippen molar-refractivity contribution in [2.24, 2.45) is 0 Å². The Labute approximate surface area is 199 Å². The minimum absolute atomic E-state index is 0.214. The summed E-state index contributed by atoms with van der Waals surface area (Å²) in [6, 6.07) is 11.1. The lowest BCUT2D eigenvalue weighted by Gasteiger charge is -2.28. The number of aromatic nitrogens is 6. The van der Waals surface area contributed by atoms with Crippen LogP contribution < -0.4 is 5.32 Å². The largest absolute Gasteiger partial charge is 0.347 e. The van der Waals surface area contributed by atoms with Gasteiger partial charge in [0.1, 0.15) is 29.5 Å². The molecular formula is C24H23F2N7O2. The minimum Gasteiger partial charge on any atom is -0.347 e. The van der Waals surface area contributed by atoms with Crippen molar-refractivity contribution < 1.29 is 18.3 Å². The fourth-order valence-corrected chi connectivity index (χ4v) is 4.69. The van der Waals surface area contributed by atoms with Crippen LogP contribution in [0, 0.1) is 18.6 Å². The number of anilines is 2. The Morgan fingerprint density at radius 1 is 1.06 bits per heavy atom. The Morgan fingerprint density at radius 3 is 2.57 bits per heavy atom. The summed E-state index contributed by atoms with van der Waals surface area (Å²) in [5.74, 6) is -0.0724. The topological polar surface area (TPSA) is 91.9 Å². The second kappa shape index (κ2) is 8.51. The molecule has 0 bridgehead atoms. The van der Waals surface area contributed by atoms with Crippen LogP contribution in [0.15, 0.2) is 48.8 Å². The maximum absolute atomic E-state index is 14.8. The Morgan fingerprint density at radius 2 is 1.86 bits per heavy atom. The summed E-state index contributed by atoms with van der Waals surface area (Å²) < 4.78 is 43.6. The number of ether oxygens (including phenoxy) is 2. The van der Waals surface area contributed by atoms with E-state index < -0.39 is 11.6 Å². The van der Waals surface area contributed by atoms with E-state index in [2.05, 4.69) is 20.5 Å². The molecule has 0 aliphatic carbocycles. The zero-order valence-corrected chi connectivity index (χ0v) is 19.0. The van der Waals surface area contributed by atoms with Gasteiger partial charge in [-0.2, -0.15) is 10.1 Å². The molecule has 180 valence electrons. The Hall–Kier alpha value is -3.70. The van der Waals surface area contributed by atoms with Crippen LogP contribution in [0.1, 0.15) is 36.0 Å². The molecule has 1 N–H and O–H groups in total. The van der Waals surface area contributed by atoms with Gasteiger partial charge in [-0.1, -0.05) is 12.1 Å². The van der Waals surface area contributed by atoms with E-state index in [1.165, 1.54) is 29.2 Å². The first-order chi connectivity index (χ1) is 17.0. The Kier molecular flexibility index (Phi) is 5.30. The number of nitrogens with one attached hydrogen (secondary N) is 1. The SMILES string of the molecule is Cc1ncn(-c2ccc(Nc3nc4n(n3)CCC3(CC4c4ccc(F)cc4)OCCO3)cc2F)n1. The van der Waals surface area contributed by atoms with Crippen LogP contribution in [0.4, 0.5) is 20.4 Å². The van der Waals surface area contributed by atoms with E-state index in [-0.39, 0.29) is 11.7 Å². The standard InChI is InChI=1S/C24H23F2N7O2/c1-15-27-14-33(30-15)21-7-6-18(12-20(21)26)28-23-29-22-19(16-2-4-17(25)5-3-16)13-24(34-10-11-35-24)8-9-32(22)31-23/h2-7,12,14,19H,8-11,13H2,1H3,(H,28,31). The maximum Gasteiger partial charge on any atom is 0.246 e. The first-order valence-corrected chi connectivity index (χ1v) is 11.4. The number of rotatable bonds is 4. The molecule has 1 unspecified atom stereocenters. The van der Waals surface area contributed by atoms with E-state index in [0.29, 0.717) is 61.6 Å². The van der Waals surface area contributed by atoms with Crippen molar-refractivity contribution in [3.63, 3.8) is 0 Å². The lowest BCUT2D eigenvalue weighted by atomic mass is 9.90. The number of hydrogen-bond donors (Lipinski definition) is 1. The monoisotopic (exact) mass is 479 g/mol. The molecule has 4 heterocycles. The highest BCUT2D eigenvalue weighted by molar-refractivity contribution is 5.56. The highest BCUT2D eigenvalue weighted by atomic mass is 19.1. The molecule has 1 fully saturated rings. The molecule has 9 nitrogen and oxygen atoms in total. The van der Waals surface area contributed by atoms with Crippen molar-refractivity contribution in [1.29, 1.82) is 0 Å². The summed E-state index contributed by atoms with van der Waals surface area (Å²) in [4.78, 5) is 8.78. The Balaban J connectivity index is 1.30. The summed E-state index contributed by atoms with van der Waals surface area (Å²) in [6.07, 6.45) is 2.62. The van der Waals surface area contributed by atoms with E-state index >= 15 is 0 Å². The zero-order valence-electron chi connectivity index (χ0n) is 19.0. The van der Waals surface area contributed by atoms with Crippen molar-refractivity contribution in [2.45, 2.75) is 38.0 Å². The molecule has 1 spiro atoms. The molecule has 1 atom stereocenters. The molecule has 2 aliphatic rings. The third-order valence-electron chi connectivity index (χ3n) is 6.37. The van der Waals surface area contributed by atoms with E-state index in [9.17, 15) is 8.78 Å². The average Bonchev–Trinajstić information content (AvgIpc) is 3.56. The van der Waals surface area contributed by atoms with Crippen molar-refractivity contribution in [3.05, 3.63) is 77.6 Å². The van der Waals surface area contributed by atoms with Crippen LogP contribution in [-0.2, 0) is 16.0 Å². The van der Waals surface area contributed by atoms with Gasteiger partial charge in [0.25, 0.3) is 0 Å². The molecule has 0 amide bonds. The zero-order chi connectivity index (χ0) is 24.0. The van der Waals surface area contributed by atoms with E-state index in [4.69, 9.17) is 14.5 Å². The third kappa shape index (κ3) is 4.17. The molecule has 4 aromatic rings. The van der Waals surface area contributed by atoms with Gasteiger partial charge < -0.3 is 14.8 Å². The van der Waals surface area contributed by atoms with Gasteiger partial charge in [0, 0.05) is 31.0 Å². The van der Waals surface area contributed by atoms with Crippen molar-refractivity contribution in [3.8, 4) is 5.69 Å². The molecular weight excluding hydrogens is 456 g/mol. The van der Waals surface area contributed by atoms with Crippen LogP contribution in [0.25, 0.3) is 5.69 Å². The third-order valence-corrected chi connectivity index (χ3v) is 6.37. The number of benzene rings is 2. The summed E-state index contributed by atoms with van der Waals surface area (Å²) in [6.45, 7) is 3.36. The fourth-order valence-electron chi connectivity index (χ4n) is 4.69. The van der Waals surface area contributed by atoms with Crippen LogP contribution in [0.5, 0.6) is 0 Å². The summed E-state index contributed by atoms with van der Waals surface area (Å²) in [5.41, 5.74) is 1.69. The van der Waals surface area contributed by atoms with E-state index in [1.54, 1.807) is 31.2 Å². The van der Waals surface area contributed by atoms with E-state index in [0.717, 1.165) is 5.56 Å². The van der Waals surface area contributed by atoms with Crippen LogP contribution in [0.2, 0.25) is 0 Å². The number of fused-ring (bicyclic) bond motifs is 1. The predicted octanol–water partition coefficient (Wildman–Crippen LogP) is 3.86. The summed E-state index contributed by atoms with van der Waals surface area (Å²) >= 11 is 0. The second-order valence-electron chi connectivity index (χ2n) is 8.71. The fraction of sp³-hybridized carbons (Fsp3) is 0.333. The smallest absolute Gasteiger partial charge is 0.246 e. The van der Waals surface area contributed by atoms with Crippen LogP contribution in [0.3, 0.4) is 0 Å². The summed E-state index contributed by atoms with van der Waals surface area (Å²) in [5, 5.41) is 11.9. The molecule has 35 heavy (non-hydrogen) atoms. The van der Waals surface area contributed by atoms with Crippen molar-refractivity contribution in [2.75, 3.05) is 18.5 Å². The quantitative estimate of drug-likeness (QED) is 0.475. The van der Waals surface area contributed by atoms with Gasteiger partial charge in [-0.3, -0.25) is 0 Å². The van der Waals surface area contributed by atoms with Gasteiger partial charge in [0.05, 0.1) is 13.2 Å². The first kappa shape index (κ1) is 21.8. The van der Waals surface area contributed by atoms with Crippen LogP contribution in [-0.4, -0.2) is 48.5 Å². The second-order valence-corrected chi connectivity index (χ2v) is 8.71. The molecule has 2 aliphatic heterocycles. The average molecular weight is 479 g/mol. The minimum atomic E-state index is -0.715. The highest BCUT2D eigenvalue weighted by Crippen LogP contribution is 2.41.